The van der Waals surface area contributed by atoms with Gasteiger partial charge in [0.15, 0.2) is 0 Å². The molecule has 2 saturated heterocycles. The van der Waals surface area contributed by atoms with Gasteiger partial charge < -0.3 is 29.9 Å². The molecule has 11 nitrogen and oxygen atoms in total. The first-order valence-corrected chi connectivity index (χ1v) is 14.7. The van der Waals surface area contributed by atoms with E-state index < -0.39 is 5.82 Å². The molecule has 12 heteroatoms. The Bertz CT molecular complexity index is 1680. The lowest BCUT2D eigenvalue weighted by Gasteiger charge is -2.32. The van der Waals surface area contributed by atoms with Gasteiger partial charge >= 0.3 is 0 Å². The fourth-order valence-electron chi connectivity index (χ4n) is 5.63. The molecule has 0 unspecified atom stereocenters. The minimum absolute atomic E-state index is 0.0539. The van der Waals surface area contributed by atoms with Crippen LogP contribution in [0.5, 0.6) is 17.4 Å². The summed E-state index contributed by atoms with van der Waals surface area (Å²) in [4.78, 5) is 33.6. The molecule has 1 atom stereocenters. The van der Waals surface area contributed by atoms with Crippen LogP contribution in [-0.4, -0.2) is 70.1 Å². The van der Waals surface area contributed by atoms with E-state index in [1.165, 1.54) is 18.5 Å². The molecule has 0 spiro atoms. The van der Waals surface area contributed by atoms with Gasteiger partial charge in [0, 0.05) is 62.0 Å². The smallest absolute Gasteiger partial charge is 0.245 e. The van der Waals surface area contributed by atoms with Gasteiger partial charge in [-0.15, -0.1) is 0 Å². The monoisotopic (exact) mass is 598 g/mol. The number of hydrogen-bond donors (Lipinski definition) is 2. The van der Waals surface area contributed by atoms with Gasteiger partial charge in [0.2, 0.25) is 17.7 Å². The van der Waals surface area contributed by atoms with Gasteiger partial charge in [0.05, 0.1) is 24.0 Å². The molecule has 228 valence electrons. The van der Waals surface area contributed by atoms with Crippen molar-refractivity contribution in [3.63, 3.8) is 0 Å². The fraction of sp³-hybridized carbons (Fsp3) is 0.344. The first-order chi connectivity index (χ1) is 21.4. The Morgan fingerprint density at radius 1 is 1.07 bits per heavy atom. The number of nitrogens with one attached hydrogen (secondary N) is 2. The van der Waals surface area contributed by atoms with E-state index in [4.69, 9.17) is 9.47 Å². The molecule has 4 aromatic rings. The highest BCUT2D eigenvalue weighted by atomic mass is 19.1. The Morgan fingerprint density at radius 3 is 2.64 bits per heavy atom. The van der Waals surface area contributed by atoms with E-state index in [1.54, 1.807) is 36.4 Å². The second kappa shape index (κ2) is 12.7. The SMILES string of the molecule is C=CC(=O)N1CCC(Nc2cc3c(Nc4ccc(Oc5ccnc(N6CC[C@H](C)C6)n5)cc4F)ncnc3cc2OC)CC1. The van der Waals surface area contributed by atoms with Crippen LogP contribution in [0.25, 0.3) is 10.9 Å². The first-order valence-electron chi connectivity index (χ1n) is 14.7. The molecule has 2 N–H and O–H groups in total. The zero-order valence-electron chi connectivity index (χ0n) is 24.8. The molecular weight excluding hydrogens is 563 g/mol. The molecule has 1 amide bonds. The fourth-order valence-corrected chi connectivity index (χ4v) is 5.63. The third-order valence-electron chi connectivity index (χ3n) is 8.04. The third kappa shape index (κ3) is 6.34. The number of carbonyl (C=O) groups is 1. The first kappa shape index (κ1) is 29.1. The molecule has 2 aromatic carbocycles. The molecule has 2 fully saturated rings. The minimum Gasteiger partial charge on any atom is -0.495 e. The lowest BCUT2D eigenvalue weighted by Crippen LogP contribution is -2.41. The van der Waals surface area contributed by atoms with Gasteiger partial charge in [-0.25, -0.2) is 19.3 Å². The topological polar surface area (TPSA) is 118 Å². The lowest BCUT2D eigenvalue weighted by atomic mass is 10.0. The predicted molar refractivity (Wildman–Crippen MR) is 167 cm³/mol. The summed E-state index contributed by atoms with van der Waals surface area (Å²) in [6, 6.07) is 10.1. The number of benzene rings is 2. The number of hydrogen-bond acceptors (Lipinski definition) is 10. The number of nitrogens with zero attached hydrogens (tertiary/aromatic N) is 6. The van der Waals surface area contributed by atoms with Gasteiger partial charge in [0.1, 0.15) is 29.5 Å². The van der Waals surface area contributed by atoms with Gasteiger partial charge in [0.25, 0.3) is 0 Å². The number of piperidine rings is 1. The van der Waals surface area contributed by atoms with Crippen LogP contribution in [-0.2, 0) is 4.79 Å². The van der Waals surface area contributed by atoms with Crippen molar-refractivity contribution in [2.24, 2.45) is 5.92 Å². The van der Waals surface area contributed by atoms with Crippen LogP contribution >= 0.6 is 0 Å². The molecule has 0 radical (unpaired) electrons. The summed E-state index contributed by atoms with van der Waals surface area (Å²) in [5.74, 6) is 2.38. The Kier molecular flexibility index (Phi) is 8.40. The number of fused-ring (bicyclic) bond motifs is 1. The summed E-state index contributed by atoms with van der Waals surface area (Å²) < 4.78 is 26.9. The summed E-state index contributed by atoms with van der Waals surface area (Å²) in [5, 5.41) is 7.36. The Hall–Kier alpha value is -5.00. The molecule has 6 rings (SSSR count). The number of halogens is 1. The number of rotatable bonds is 9. The van der Waals surface area contributed by atoms with Crippen molar-refractivity contribution in [1.29, 1.82) is 0 Å². The van der Waals surface area contributed by atoms with Crippen molar-refractivity contribution >= 4 is 40.0 Å². The highest BCUT2D eigenvalue weighted by molar-refractivity contribution is 5.95. The largest absolute Gasteiger partial charge is 0.495 e. The van der Waals surface area contributed by atoms with Crippen molar-refractivity contribution in [1.82, 2.24) is 24.8 Å². The zero-order chi connectivity index (χ0) is 30.6. The predicted octanol–water partition coefficient (Wildman–Crippen LogP) is 5.54. The van der Waals surface area contributed by atoms with Gasteiger partial charge in [-0.2, -0.15) is 4.98 Å². The standard InChI is InChI=1S/C32H35FN8O3/c1-4-30(42)40-13-9-21(10-14-40)37-27-16-23-26(17-28(27)43-3)35-19-36-31(23)38-25-6-5-22(15-24(25)33)44-29-7-11-34-32(39-29)41-12-8-20(2)18-41/h4-7,11,15-17,19-21,37H,1,8-10,12-14,18H2,2-3H3,(H,35,36,38)/t20-/m0/s1. The Balaban J connectivity index is 1.18. The van der Waals surface area contributed by atoms with E-state index in [2.05, 4.69) is 49.0 Å². The van der Waals surface area contributed by atoms with E-state index in [0.717, 1.165) is 38.0 Å². The van der Waals surface area contributed by atoms with Crippen LogP contribution in [0.4, 0.5) is 27.5 Å². The molecule has 0 bridgehead atoms. The number of ether oxygens (including phenoxy) is 2. The summed E-state index contributed by atoms with van der Waals surface area (Å²) >= 11 is 0. The molecule has 4 heterocycles. The maximum Gasteiger partial charge on any atom is 0.245 e. The van der Waals surface area contributed by atoms with Crippen LogP contribution in [0.1, 0.15) is 26.2 Å². The van der Waals surface area contributed by atoms with Crippen molar-refractivity contribution in [3.8, 4) is 17.4 Å². The lowest BCUT2D eigenvalue weighted by molar-refractivity contribution is -0.126. The number of carbonyl (C=O) groups excluding carboxylic acids is 1. The minimum atomic E-state index is -0.510. The van der Waals surface area contributed by atoms with Crippen LogP contribution < -0.4 is 25.0 Å². The molecular formula is C32H35FN8O3. The third-order valence-corrected chi connectivity index (χ3v) is 8.04. The number of aromatic nitrogens is 4. The highest BCUT2D eigenvalue weighted by Gasteiger charge is 2.23. The molecule has 2 aliphatic heterocycles. The van der Waals surface area contributed by atoms with Gasteiger partial charge in [-0.1, -0.05) is 13.5 Å². The summed E-state index contributed by atoms with van der Waals surface area (Å²) in [6.07, 6.45) is 7.08. The number of amides is 1. The zero-order valence-corrected chi connectivity index (χ0v) is 24.8. The van der Waals surface area contributed by atoms with Crippen LogP contribution in [0, 0.1) is 11.7 Å². The molecule has 2 aliphatic rings. The maximum absolute atomic E-state index is 15.3. The van der Waals surface area contributed by atoms with Crippen molar-refractivity contribution in [3.05, 3.63) is 67.4 Å². The number of methoxy groups -OCH3 is 1. The second-order valence-electron chi connectivity index (χ2n) is 11.1. The van der Waals surface area contributed by atoms with Crippen LogP contribution in [0.2, 0.25) is 0 Å². The molecule has 2 aromatic heterocycles. The second-order valence-corrected chi connectivity index (χ2v) is 11.1. The van der Waals surface area contributed by atoms with E-state index in [0.29, 0.717) is 59.1 Å². The molecule has 0 aliphatic carbocycles. The number of likely N-dealkylation sites (tertiary alicyclic amines) is 1. The normalized spacial score (nSPS) is 17.0. The van der Waals surface area contributed by atoms with Crippen molar-refractivity contribution in [2.45, 2.75) is 32.2 Å². The van der Waals surface area contributed by atoms with E-state index in [9.17, 15) is 4.79 Å². The maximum atomic E-state index is 15.3. The van der Waals surface area contributed by atoms with E-state index in [-0.39, 0.29) is 17.6 Å². The van der Waals surface area contributed by atoms with E-state index >= 15 is 4.39 Å². The number of anilines is 4. The molecule has 0 saturated carbocycles. The summed E-state index contributed by atoms with van der Waals surface area (Å²) in [7, 11) is 1.60. The highest BCUT2D eigenvalue weighted by Crippen LogP contribution is 2.35. The van der Waals surface area contributed by atoms with Crippen LogP contribution in [0.15, 0.2) is 61.6 Å². The Labute approximate surface area is 255 Å². The summed E-state index contributed by atoms with van der Waals surface area (Å²) in [5.41, 5.74) is 1.64. The quantitative estimate of drug-likeness (QED) is 0.238. The summed E-state index contributed by atoms with van der Waals surface area (Å²) in [6.45, 7) is 8.87. The van der Waals surface area contributed by atoms with Crippen LogP contribution in [0.3, 0.4) is 0 Å². The van der Waals surface area contributed by atoms with E-state index in [1.807, 2.05) is 12.1 Å². The van der Waals surface area contributed by atoms with Gasteiger partial charge in [-0.3, -0.25) is 4.79 Å². The average molecular weight is 599 g/mol. The Morgan fingerprint density at radius 2 is 1.91 bits per heavy atom. The average Bonchev–Trinajstić information content (AvgIpc) is 3.48. The van der Waals surface area contributed by atoms with Gasteiger partial charge in [-0.05, 0) is 49.5 Å². The van der Waals surface area contributed by atoms with Crippen molar-refractivity contribution in [2.75, 3.05) is 48.8 Å². The van der Waals surface area contributed by atoms with Crippen molar-refractivity contribution < 1.29 is 18.7 Å². The molecule has 44 heavy (non-hydrogen) atoms.